The lowest BCUT2D eigenvalue weighted by Crippen LogP contribution is -2.51. The lowest BCUT2D eigenvalue weighted by molar-refractivity contribution is -0.252. The molecule has 0 bridgehead atoms. The van der Waals surface area contributed by atoms with Crippen molar-refractivity contribution in [3.63, 3.8) is 0 Å². The Balaban J connectivity index is 1.55. The molecule has 0 spiro atoms. The number of piperazine rings is 1. The highest BCUT2D eigenvalue weighted by molar-refractivity contribution is 5.68. The van der Waals surface area contributed by atoms with Crippen LogP contribution in [0.25, 0.3) is 0 Å². The van der Waals surface area contributed by atoms with Crippen LogP contribution in [-0.2, 0) is 14.2 Å². The van der Waals surface area contributed by atoms with Crippen molar-refractivity contribution in [2.24, 2.45) is 0 Å². The zero-order chi connectivity index (χ0) is 18.5. The largest absolute Gasteiger partial charge is 0.444 e. The van der Waals surface area contributed by atoms with Gasteiger partial charge in [-0.1, -0.05) is 0 Å². The third-order valence-electron chi connectivity index (χ3n) is 4.37. The van der Waals surface area contributed by atoms with Gasteiger partial charge < -0.3 is 24.4 Å². The second kappa shape index (κ2) is 8.66. The van der Waals surface area contributed by atoms with Gasteiger partial charge in [0.25, 0.3) is 0 Å². The molecule has 0 aliphatic carbocycles. The van der Waals surface area contributed by atoms with Gasteiger partial charge in [0.2, 0.25) is 0 Å². The van der Waals surface area contributed by atoms with Crippen LogP contribution in [0, 0.1) is 0 Å². The van der Waals surface area contributed by atoms with Crippen LogP contribution >= 0.6 is 0 Å². The summed E-state index contributed by atoms with van der Waals surface area (Å²) < 4.78 is 16.7. The van der Waals surface area contributed by atoms with Crippen LogP contribution in [0.4, 0.5) is 4.79 Å². The highest BCUT2D eigenvalue weighted by atomic mass is 16.7. The minimum Gasteiger partial charge on any atom is -0.444 e. The number of carbonyl (C=O) groups excluding carboxylic acids is 1. The van der Waals surface area contributed by atoms with Crippen molar-refractivity contribution in [2.75, 3.05) is 52.5 Å². The molecule has 2 fully saturated rings. The first kappa shape index (κ1) is 20.4. The normalized spacial score (nSPS) is 22.8. The Morgan fingerprint density at radius 3 is 2.32 bits per heavy atom. The number of rotatable bonds is 5. The second-order valence-corrected chi connectivity index (χ2v) is 8.34. The molecule has 0 atom stereocenters. The Bertz CT molecular complexity index is 419. The Morgan fingerprint density at radius 2 is 1.76 bits per heavy atom. The van der Waals surface area contributed by atoms with Crippen LogP contribution in [0.15, 0.2) is 0 Å². The molecule has 146 valence electrons. The monoisotopic (exact) mass is 357 g/mol. The van der Waals surface area contributed by atoms with Crippen molar-refractivity contribution in [1.82, 2.24) is 15.1 Å². The average molecular weight is 357 g/mol. The van der Waals surface area contributed by atoms with E-state index in [1.54, 1.807) is 4.90 Å². The van der Waals surface area contributed by atoms with Crippen LogP contribution < -0.4 is 5.32 Å². The molecule has 0 aromatic heterocycles. The highest BCUT2D eigenvalue weighted by Crippen LogP contribution is 2.17. The van der Waals surface area contributed by atoms with E-state index in [1.165, 1.54) is 0 Å². The fraction of sp³-hybridized carbons (Fsp3) is 0.944. The topological polar surface area (TPSA) is 63.3 Å². The van der Waals surface area contributed by atoms with Gasteiger partial charge in [0.1, 0.15) is 5.60 Å². The van der Waals surface area contributed by atoms with Gasteiger partial charge in [-0.3, -0.25) is 4.90 Å². The Hall–Kier alpha value is -0.890. The molecular formula is C18H35N3O4. The summed E-state index contributed by atoms with van der Waals surface area (Å²) in [7, 11) is 0. The number of nitrogens with one attached hydrogen (secondary N) is 1. The standard InChI is InChI=1S/C18H35N3O4/c1-17(2,3)25-16(22)21-11-9-20(10-12-21)8-6-7-19-15-13-23-18(4,5)24-14-15/h15,19H,6-14H2,1-5H3. The zero-order valence-electron chi connectivity index (χ0n) is 16.5. The molecule has 7 nitrogen and oxygen atoms in total. The van der Waals surface area contributed by atoms with E-state index in [1.807, 2.05) is 34.6 Å². The molecule has 1 N–H and O–H groups in total. The molecule has 2 heterocycles. The van der Waals surface area contributed by atoms with Crippen LogP contribution in [0.5, 0.6) is 0 Å². The lowest BCUT2D eigenvalue weighted by Gasteiger charge is -2.36. The van der Waals surface area contributed by atoms with E-state index in [0.717, 1.165) is 45.7 Å². The van der Waals surface area contributed by atoms with Crippen LogP contribution in [0.3, 0.4) is 0 Å². The maximum absolute atomic E-state index is 12.1. The summed E-state index contributed by atoms with van der Waals surface area (Å²) in [5.74, 6) is -0.452. The Kier molecular flexibility index (Phi) is 7.08. The number of amides is 1. The van der Waals surface area contributed by atoms with Gasteiger partial charge in [-0.15, -0.1) is 0 Å². The number of nitrogens with zero attached hydrogens (tertiary/aromatic N) is 2. The van der Waals surface area contributed by atoms with E-state index in [-0.39, 0.29) is 12.1 Å². The molecule has 0 saturated carbocycles. The molecule has 2 saturated heterocycles. The van der Waals surface area contributed by atoms with Crippen LogP contribution in [-0.4, -0.2) is 85.8 Å². The molecule has 0 radical (unpaired) electrons. The predicted octanol–water partition coefficient (Wildman–Crippen LogP) is 1.67. The fourth-order valence-corrected chi connectivity index (χ4v) is 2.90. The van der Waals surface area contributed by atoms with E-state index in [9.17, 15) is 4.79 Å². The first-order chi connectivity index (χ1) is 11.6. The van der Waals surface area contributed by atoms with Gasteiger partial charge >= 0.3 is 6.09 Å². The maximum Gasteiger partial charge on any atom is 0.410 e. The maximum atomic E-state index is 12.1. The second-order valence-electron chi connectivity index (χ2n) is 8.34. The molecular weight excluding hydrogens is 322 g/mol. The van der Waals surface area contributed by atoms with Crippen molar-refractivity contribution in [3.05, 3.63) is 0 Å². The summed E-state index contributed by atoms with van der Waals surface area (Å²) in [4.78, 5) is 16.3. The minimum absolute atomic E-state index is 0.200. The zero-order valence-corrected chi connectivity index (χ0v) is 16.5. The Labute approximate surface area is 152 Å². The van der Waals surface area contributed by atoms with Crippen molar-refractivity contribution < 1.29 is 19.0 Å². The molecule has 0 unspecified atom stereocenters. The summed E-state index contributed by atoms with van der Waals surface area (Å²) in [5.41, 5.74) is -0.429. The molecule has 2 aliphatic heterocycles. The molecule has 1 amide bonds. The van der Waals surface area contributed by atoms with Crippen molar-refractivity contribution in [3.8, 4) is 0 Å². The average Bonchev–Trinajstić information content (AvgIpc) is 2.52. The van der Waals surface area contributed by atoms with E-state index in [0.29, 0.717) is 13.2 Å². The minimum atomic E-state index is -0.452. The van der Waals surface area contributed by atoms with Gasteiger partial charge in [-0.2, -0.15) is 0 Å². The Morgan fingerprint density at radius 1 is 1.16 bits per heavy atom. The molecule has 2 rings (SSSR count). The van der Waals surface area contributed by atoms with Gasteiger partial charge in [0, 0.05) is 26.2 Å². The SMILES string of the molecule is CC(C)(C)OC(=O)N1CCN(CCCNC2COC(C)(C)OC2)CC1. The summed E-state index contributed by atoms with van der Waals surface area (Å²) >= 11 is 0. The van der Waals surface area contributed by atoms with Gasteiger partial charge in [-0.05, 0) is 54.1 Å². The summed E-state index contributed by atoms with van der Waals surface area (Å²) in [6, 6.07) is 0.275. The smallest absolute Gasteiger partial charge is 0.410 e. The molecule has 0 aromatic rings. The number of hydrogen-bond acceptors (Lipinski definition) is 6. The van der Waals surface area contributed by atoms with Gasteiger partial charge in [0.05, 0.1) is 19.3 Å². The third kappa shape index (κ3) is 7.48. The lowest BCUT2D eigenvalue weighted by atomic mass is 10.2. The summed E-state index contributed by atoms with van der Waals surface area (Å²) in [6.45, 7) is 16.3. The number of hydrogen-bond donors (Lipinski definition) is 1. The van der Waals surface area contributed by atoms with Crippen LogP contribution in [0.1, 0.15) is 41.0 Å². The summed E-state index contributed by atoms with van der Waals surface area (Å²) in [6.07, 6.45) is 0.876. The van der Waals surface area contributed by atoms with Crippen LogP contribution in [0.2, 0.25) is 0 Å². The van der Waals surface area contributed by atoms with Crippen molar-refractivity contribution in [1.29, 1.82) is 0 Å². The molecule has 7 heteroatoms. The third-order valence-corrected chi connectivity index (χ3v) is 4.37. The van der Waals surface area contributed by atoms with E-state index >= 15 is 0 Å². The molecule has 2 aliphatic rings. The fourth-order valence-electron chi connectivity index (χ4n) is 2.90. The van der Waals surface area contributed by atoms with Crippen molar-refractivity contribution >= 4 is 6.09 Å². The number of carbonyl (C=O) groups is 1. The quantitative estimate of drug-likeness (QED) is 0.755. The van der Waals surface area contributed by atoms with E-state index in [2.05, 4.69) is 10.2 Å². The van der Waals surface area contributed by atoms with Gasteiger partial charge in [0.15, 0.2) is 5.79 Å². The molecule has 0 aromatic carbocycles. The highest BCUT2D eigenvalue weighted by Gasteiger charge is 2.28. The van der Waals surface area contributed by atoms with E-state index in [4.69, 9.17) is 14.2 Å². The summed E-state index contributed by atoms with van der Waals surface area (Å²) in [5, 5.41) is 3.49. The van der Waals surface area contributed by atoms with Crippen molar-refractivity contribution in [2.45, 2.75) is 58.5 Å². The van der Waals surface area contributed by atoms with E-state index < -0.39 is 11.4 Å². The van der Waals surface area contributed by atoms with Gasteiger partial charge in [-0.25, -0.2) is 4.79 Å². The first-order valence-electron chi connectivity index (χ1n) is 9.36. The predicted molar refractivity (Wildman–Crippen MR) is 96.6 cm³/mol. The number of ether oxygens (including phenoxy) is 3. The first-order valence-corrected chi connectivity index (χ1v) is 9.36. The molecule has 25 heavy (non-hydrogen) atoms.